The SMILES string of the molecule is COc1cc(C2CCC3(CC2)CCN(C(=O)OC(C)(C)C)CC3)ccc1N. The number of piperidine rings is 1. The molecule has 27 heavy (non-hydrogen) atoms. The second kappa shape index (κ2) is 7.61. The van der Waals surface area contributed by atoms with Gasteiger partial charge in [-0.15, -0.1) is 0 Å². The summed E-state index contributed by atoms with van der Waals surface area (Å²) in [6, 6.07) is 6.20. The van der Waals surface area contributed by atoms with Gasteiger partial charge in [0.15, 0.2) is 0 Å². The van der Waals surface area contributed by atoms with Crippen LogP contribution in [0.15, 0.2) is 18.2 Å². The van der Waals surface area contributed by atoms with E-state index in [2.05, 4.69) is 12.1 Å². The van der Waals surface area contributed by atoms with Crippen LogP contribution in [-0.2, 0) is 4.74 Å². The molecule has 0 bridgehead atoms. The molecule has 0 aromatic heterocycles. The molecule has 5 nitrogen and oxygen atoms in total. The van der Waals surface area contributed by atoms with Crippen molar-refractivity contribution in [1.29, 1.82) is 0 Å². The number of hydrogen-bond donors (Lipinski definition) is 1. The smallest absolute Gasteiger partial charge is 0.410 e. The van der Waals surface area contributed by atoms with Gasteiger partial charge in [-0.1, -0.05) is 6.07 Å². The molecule has 2 N–H and O–H groups in total. The third-order valence-corrected chi connectivity index (χ3v) is 6.25. The van der Waals surface area contributed by atoms with Crippen molar-refractivity contribution >= 4 is 11.8 Å². The molecule has 1 saturated carbocycles. The van der Waals surface area contributed by atoms with Crippen molar-refractivity contribution in [2.45, 2.75) is 70.8 Å². The number of hydrogen-bond acceptors (Lipinski definition) is 4. The van der Waals surface area contributed by atoms with Gasteiger partial charge in [0.2, 0.25) is 0 Å². The summed E-state index contributed by atoms with van der Waals surface area (Å²) in [6.07, 6.45) is 6.85. The van der Waals surface area contributed by atoms with Gasteiger partial charge >= 0.3 is 6.09 Å². The van der Waals surface area contributed by atoms with Crippen LogP contribution in [0.5, 0.6) is 5.75 Å². The largest absolute Gasteiger partial charge is 0.495 e. The molecule has 2 aliphatic rings. The molecular weight excluding hydrogens is 340 g/mol. The maximum absolute atomic E-state index is 12.3. The molecule has 0 radical (unpaired) electrons. The molecule has 1 aromatic rings. The summed E-state index contributed by atoms with van der Waals surface area (Å²) in [7, 11) is 1.67. The van der Waals surface area contributed by atoms with E-state index in [1.54, 1.807) is 7.11 Å². The zero-order chi connectivity index (χ0) is 19.7. The van der Waals surface area contributed by atoms with E-state index in [0.29, 0.717) is 17.0 Å². The van der Waals surface area contributed by atoms with Crippen LogP contribution >= 0.6 is 0 Å². The summed E-state index contributed by atoms with van der Waals surface area (Å²) >= 11 is 0. The number of benzene rings is 1. The Balaban J connectivity index is 1.54. The molecule has 0 unspecified atom stereocenters. The van der Waals surface area contributed by atoms with E-state index in [1.807, 2.05) is 31.7 Å². The molecule has 5 heteroatoms. The Hall–Kier alpha value is -1.91. The number of methoxy groups -OCH3 is 1. The van der Waals surface area contributed by atoms with Crippen molar-refractivity contribution in [2.24, 2.45) is 5.41 Å². The number of nitrogens with zero attached hydrogens (tertiary/aromatic N) is 1. The molecule has 1 heterocycles. The van der Waals surface area contributed by atoms with Gasteiger partial charge in [-0.25, -0.2) is 4.79 Å². The van der Waals surface area contributed by atoms with E-state index in [0.717, 1.165) is 31.7 Å². The van der Waals surface area contributed by atoms with Crippen LogP contribution in [0.25, 0.3) is 0 Å². The fourth-order valence-corrected chi connectivity index (χ4v) is 4.54. The Kier molecular flexibility index (Phi) is 5.59. The first kappa shape index (κ1) is 19.8. The lowest BCUT2D eigenvalue weighted by Crippen LogP contribution is -2.46. The van der Waals surface area contributed by atoms with Crippen LogP contribution in [0.1, 0.15) is 70.8 Å². The number of nitrogen functional groups attached to an aromatic ring is 1. The average Bonchev–Trinajstić information content (AvgIpc) is 2.62. The first-order valence-corrected chi connectivity index (χ1v) is 10.1. The number of carbonyl (C=O) groups excluding carboxylic acids is 1. The molecule has 0 atom stereocenters. The van der Waals surface area contributed by atoms with Crippen LogP contribution < -0.4 is 10.5 Å². The van der Waals surface area contributed by atoms with Crippen molar-refractivity contribution in [3.8, 4) is 5.75 Å². The lowest BCUT2D eigenvalue weighted by atomic mass is 9.64. The quantitative estimate of drug-likeness (QED) is 0.744. The minimum Gasteiger partial charge on any atom is -0.495 e. The van der Waals surface area contributed by atoms with Gasteiger partial charge in [0.05, 0.1) is 12.8 Å². The zero-order valence-corrected chi connectivity index (χ0v) is 17.2. The third kappa shape index (κ3) is 4.69. The van der Waals surface area contributed by atoms with Crippen LogP contribution in [0, 0.1) is 5.41 Å². The highest BCUT2D eigenvalue weighted by atomic mass is 16.6. The first-order valence-electron chi connectivity index (χ1n) is 10.1. The van der Waals surface area contributed by atoms with Crippen LogP contribution in [-0.4, -0.2) is 36.8 Å². The Bertz CT molecular complexity index is 663. The van der Waals surface area contributed by atoms with Gasteiger partial charge in [-0.2, -0.15) is 0 Å². The maximum Gasteiger partial charge on any atom is 0.410 e. The number of amides is 1. The zero-order valence-electron chi connectivity index (χ0n) is 17.2. The number of likely N-dealkylation sites (tertiary alicyclic amines) is 1. The molecule has 1 saturated heterocycles. The number of carbonyl (C=O) groups is 1. The van der Waals surface area contributed by atoms with E-state index in [1.165, 1.54) is 31.2 Å². The van der Waals surface area contributed by atoms with Gasteiger partial charge < -0.3 is 20.1 Å². The minimum absolute atomic E-state index is 0.167. The standard InChI is InChI=1S/C22H34N2O3/c1-21(2,3)27-20(25)24-13-11-22(12-14-24)9-7-16(8-10-22)17-5-6-18(23)19(15-17)26-4/h5-6,15-16H,7-14,23H2,1-4H3. The first-order chi connectivity index (χ1) is 12.7. The highest BCUT2D eigenvalue weighted by Gasteiger charge is 2.40. The Morgan fingerprint density at radius 1 is 1.15 bits per heavy atom. The molecular formula is C22H34N2O3. The number of nitrogens with two attached hydrogens (primary N) is 1. The summed E-state index contributed by atoms with van der Waals surface area (Å²) in [5.41, 5.74) is 7.95. The van der Waals surface area contributed by atoms with Gasteiger partial charge in [0, 0.05) is 13.1 Å². The predicted octanol–water partition coefficient (Wildman–Crippen LogP) is 4.95. The highest BCUT2D eigenvalue weighted by molar-refractivity contribution is 5.68. The van der Waals surface area contributed by atoms with E-state index < -0.39 is 5.60 Å². The van der Waals surface area contributed by atoms with Crippen LogP contribution in [0.2, 0.25) is 0 Å². The molecule has 3 rings (SSSR count). The summed E-state index contributed by atoms with van der Waals surface area (Å²) in [6.45, 7) is 7.39. The number of ether oxygens (including phenoxy) is 2. The van der Waals surface area contributed by atoms with E-state index in [9.17, 15) is 4.79 Å². The van der Waals surface area contributed by atoms with Crippen LogP contribution in [0.3, 0.4) is 0 Å². The summed E-state index contributed by atoms with van der Waals surface area (Å²) in [5.74, 6) is 1.35. The van der Waals surface area contributed by atoms with Gasteiger partial charge in [-0.05, 0) is 88.3 Å². The van der Waals surface area contributed by atoms with E-state index in [-0.39, 0.29) is 6.09 Å². The van der Waals surface area contributed by atoms with Crippen molar-refractivity contribution < 1.29 is 14.3 Å². The van der Waals surface area contributed by atoms with Gasteiger partial charge in [0.25, 0.3) is 0 Å². The average molecular weight is 375 g/mol. The normalized spacial score (nSPS) is 20.5. The van der Waals surface area contributed by atoms with E-state index >= 15 is 0 Å². The topological polar surface area (TPSA) is 64.8 Å². The second-order valence-electron chi connectivity index (χ2n) is 9.24. The molecule has 1 aliphatic carbocycles. The molecule has 150 valence electrons. The Morgan fingerprint density at radius 2 is 1.78 bits per heavy atom. The highest BCUT2D eigenvalue weighted by Crippen LogP contribution is 2.49. The second-order valence-corrected chi connectivity index (χ2v) is 9.24. The fraction of sp³-hybridized carbons (Fsp3) is 0.682. The minimum atomic E-state index is -0.426. The van der Waals surface area contributed by atoms with Gasteiger partial charge in [0.1, 0.15) is 11.4 Å². The Labute approximate surface area is 163 Å². The fourth-order valence-electron chi connectivity index (χ4n) is 4.54. The molecule has 1 aliphatic heterocycles. The van der Waals surface area contributed by atoms with Crippen molar-refractivity contribution in [2.75, 3.05) is 25.9 Å². The number of rotatable bonds is 2. The molecule has 1 spiro atoms. The summed E-state index contributed by atoms with van der Waals surface area (Å²) in [4.78, 5) is 14.2. The van der Waals surface area contributed by atoms with E-state index in [4.69, 9.17) is 15.2 Å². The maximum atomic E-state index is 12.3. The molecule has 1 amide bonds. The Morgan fingerprint density at radius 3 is 2.33 bits per heavy atom. The molecule has 2 fully saturated rings. The van der Waals surface area contributed by atoms with Crippen molar-refractivity contribution in [3.63, 3.8) is 0 Å². The lowest BCUT2D eigenvalue weighted by molar-refractivity contribution is 0.00347. The van der Waals surface area contributed by atoms with Crippen molar-refractivity contribution in [1.82, 2.24) is 4.90 Å². The van der Waals surface area contributed by atoms with Crippen molar-refractivity contribution in [3.05, 3.63) is 23.8 Å². The summed E-state index contributed by atoms with van der Waals surface area (Å²) < 4.78 is 10.9. The number of anilines is 1. The summed E-state index contributed by atoms with van der Waals surface area (Å²) in [5, 5.41) is 0. The predicted molar refractivity (Wildman–Crippen MR) is 108 cm³/mol. The third-order valence-electron chi connectivity index (χ3n) is 6.25. The van der Waals surface area contributed by atoms with Crippen LogP contribution in [0.4, 0.5) is 10.5 Å². The monoisotopic (exact) mass is 374 g/mol. The molecule has 1 aromatic carbocycles. The lowest BCUT2D eigenvalue weighted by Gasteiger charge is -2.46. The van der Waals surface area contributed by atoms with Gasteiger partial charge in [-0.3, -0.25) is 0 Å².